The number of esters is 1. The van der Waals surface area contributed by atoms with Crippen molar-refractivity contribution in [3.05, 3.63) is 18.0 Å². The zero-order valence-corrected chi connectivity index (χ0v) is 19.4. The molecule has 1 aliphatic heterocycles. The summed E-state index contributed by atoms with van der Waals surface area (Å²) < 4.78 is 27.3. The van der Waals surface area contributed by atoms with E-state index in [1.54, 1.807) is 46.9 Å². The first-order valence-corrected chi connectivity index (χ1v) is 10.2. The van der Waals surface area contributed by atoms with Gasteiger partial charge < -0.3 is 23.7 Å². The molecule has 0 N–H and O–H groups in total. The molecule has 3 rings (SSSR count). The predicted octanol–water partition coefficient (Wildman–Crippen LogP) is 2.89. The monoisotopic (exact) mass is 447 g/mol. The van der Waals surface area contributed by atoms with E-state index in [4.69, 9.17) is 23.7 Å². The summed E-state index contributed by atoms with van der Waals surface area (Å²) in [5.74, 6) is 1.34. The average molecular weight is 447 g/mol. The van der Waals surface area contributed by atoms with Crippen LogP contribution >= 0.6 is 0 Å². The normalized spacial score (nSPS) is 18.4. The number of amides is 1. The molecule has 10 heteroatoms. The number of methoxy groups -OCH3 is 3. The Labute approximate surface area is 186 Å². The third kappa shape index (κ3) is 4.95. The number of carbonyl (C=O) groups excluding carboxylic acids is 2. The van der Waals surface area contributed by atoms with E-state index < -0.39 is 29.8 Å². The lowest BCUT2D eigenvalue weighted by Gasteiger charge is -2.27. The molecule has 1 aliphatic rings. The summed E-state index contributed by atoms with van der Waals surface area (Å²) >= 11 is 0. The fraction of sp³-hybridized carbons (Fsp3) is 0.545. The van der Waals surface area contributed by atoms with Crippen LogP contribution in [0.25, 0.3) is 10.9 Å². The molecule has 174 valence electrons. The fourth-order valence-electron chi connectivity index (χ4n) is 3.55. The Kier molecular flexibility index (Phi) is 6.61. The fourth-order valence-corrected chi connectivity index (χ4v) is 3.55. The number of hydrogen-bond acceptors (Lipinski definition) is 9. The van der Waals surface area contributed by atoms with Crippen molar-refractivity contribution < 1.29 is 33.3 Å². The third-order valence-electron chi connectivity index (χ3n) is 4.92. The molecule has 1 saturated heterocycles. The van der Waals surface area contributed by atoms with Gasteiger partial charge in [-0.2, -0.15) is 4.98 Å². The minimum absolute atomic E-state index is 0.145. The van der Waals surface area contributed by atoms with Gasteiger partial charge in [-0.3, -0.25) is 4.90 Å². The standard InChI is InChI=1S/C22H29N3O7/c1-12-23-15-10-18(29-6)17(28-5)9-14(15)19(24-12)31-13-8-16(20(26)30-7)25(11-13)21(27)32-22(2,3)4/h9-10,13,16H,8,11H2,1-7H3/t13-,16+/m1/s1. The van der Waals surface area contributed by atoms with E-state index in [0.717, 1.165) is 0 Å². The molecule has 0 radical (unpaired) electrons. The minimum atomic E-state index is -0.816. The van der Waals surface area contributed by atoms with Crippen molar-refractivity contribution in [3.63, 3.8) is 0 Å². The van der Waals surface area contributed by atoms with Crippen molar-refractivity contribution in [2.24, 2.45) is 0 Å². The lowest BCUT2D eigenvalue weighted by atomic mass is 10.2. The number of aromatic nitrogens is 2. The first-order valence-electron chi connectivity index (χ1n) is 10.2. The van der Waals surface area contributed by atoms with E-state index >= 15 is 0 Å². The number of benzene rings is 1. The maximum atomic E-state index is 12.7. The van der Waals surface area contributed by atoms with Gasteiger partial charge >= 0.3 is 12.1 Å². The summed E-state index contributed by atoms with van der Waals surface area (Å²) in [5, 5.41) is 0.624. The van der Waals surface area contributed by atoms with Crippen LogP contribution in [0.1, 0.15) is 33.0 Å². The molecule has 32 heavy (non-hydrogen) atoms. The van der Waals surface area contributed by atoms with Crippen LogP contribution in [0.2, 0.25) is 0 Å². The predicted molar refractivity (Wildman–Crippen MR) is 115 cm³/mol. The van der Waals surface area contributed by atoms with E-state index in [1.165, 1.54) is 19.1 Å². The number of hydrogen-bond donors (Lipinski definition) is 0. The Balaban J connectivity index is 1.92. The second kappa shape index (κ2) is 9.05. The van der Waals surface area contributed by atoms with Crippen LogP contribution < -0.4 is 14.2 Å². The molecule has 1 aromatic heterocycles. The Hall–Kier alpha value is -3.30. The Bertz CT molecular complexity index is 1020. The van der Waals surface area contributed by atoms with Gasteiger partial charge in [0.1, 0.15) is 23.6 Å². The van der Waals surface area contributed by atoms with Crippen LogP contribution in [-0.4, -0.2) is 72.6 Å². The molecule has 0 unspecified atom stereocenters. The van der Waals surface area contributed by atoms with Gasteiger partial charge in [-0.15, -0.1) is 0 Å². The smallest absolute Gasteiger partial charge is 0.411 e. The van der Waals surface area contributed by atoms with Crippen LogP contribution in [0, 0.1) is 6.92 Å². The molecule has 0 saturated carbocycles. The summed E-state index contributed by atoms with van der Waals surface area (Å²) in [7, 11) is 4.37. The van der Waals surface area contributed by atoms with Crippen LogP contribution in [0.3, 0.4) is 0 Å². The molecule has 0 bridgehead atoms. The van der Waals surface area contributed by atoms with Gasteiger partial charge in [0.25, 0.3) is 0 Å². The molecular weight excluding hydrogens is 418 g/mol. The highest BCUT2D eigenvalue weighted by Gasteiger charge is 2.43. The van der Waals surface area contributed by atoms with Crippen molar-refractivity contribution in [2.45, 2.75) is 51.9 Å². The first kappa shape index (κ1) is 23.4. The van der Waals surface area contributed by atoms with Crippen molar-refractivity contribution in [2.75, 3.05) is 27.9 Å². The third-order valence-corrected chi connectivity index (χ3v) is 4.92. The van der Waals surface area contributed by atoms with Crippen LogP contribution in [0.5, 0.6) is 17.4 Å². The summed E-state index contributed by atoms with van der Waals surface area (Å²) in [6, 6.07) is 2.67. The Morgan fingerprint density at radius 2 is 1.72 bits per heavy atom. The maximum absolute atomic E-state index is 12.7. The molecule has 2 heterocycles. The molecule has 2 aromatic rings. The second-order valence-electron chi connectivity index (χ2n) is 8.45. The van der Waals surface area contributed by atoms with Gasteiger partial charge in [-0.25, -0.2) is 14.6 Å². The number of likely N-dealkylation sites (tertiary alicyclic amines) is 1. The molecule has 10 nitrogen and oxygen atoms in total. The number of rotatable bonds is 5. The molecular formula is C22H29N3O7. The maximum Gasteiger partial charge on any atom is 0.411 e. The summed E-state index contributed by atoms with van der Waals surface area (Å²) in [6.07, 6.45) is -0.865. The lowest BCUT2D eigenvalue weighted by Crippen LogP contribution is -2.44. The summed E-state index contributed by atoms with van der Waals surface area (Å²) in [4.78, 5) is 35.2. The van der Waals surface area contributed by atoms with Crippen molar-refractivity contribution in [3.8, 4) is 17.4 Å². The number of fused-ring (bicyclic) bond motifs is 1. The van der Waals surface area contributed by atoms with Gasteiger partial charge in [0.2, 0.25) is 5.88 Å². The van der Waals surface area contributed by atoms with Gasteiger partial charge in [-0.05, 0) is 33.8 Å². The highest BCUT2D eigenvalue weighted by atomic mass is 16.6. The molecule has 1 aromatic carbocycles. The molecule has 0 aliphatic carbocycles. The van der Waals surface area contributed by atoms with Crippen molar-refractivity contribution in [1.82, 2.24) is 14.9 Å². The van der Waals surface area contributed by atoms with E-state index in [2.05, 4.69) is 9.97 Å². The van der Waals surface area contributed by atoms with Gasteiger partial charge in [0, 0.05) is 12.5 Å². The Morgan fingerprint density at radius 1 is 1.06 bits per heavy atom. The van der Waals surface area contributed by atoms with Gasteiger partial charge in [0.15, 0.2) is 11.5 Å². The van der Waals surface area contributed by atoms with Crippen molar-refractivity contribution >= 4 is 23.0 Å². The zero-order chi connectivity index (χ0) is 23.6. The summed E-state index contributed by atoms with van der Waals surface area (Å²) in [6.45, 7) is 7.19. The van der Waals surface area contributed by atoms with E-state index in [1.807, 2.05) is 0 Å². The zero-order valence-electron chi connectivity index (χ0n) is 19.4. The van der Waals surface area contributed by atoms with E-state index in [0.29, 0.717) is 34.1 Å². The van der Waals surface area contributed by atoms with E-state index in [9.17, 15) is 9.59 Å². The second-order valence-corrected chi connectivity index (χ2v) is 8.45. The average Bonchev–Trinajstić information content (AvgIpc) is 3.15. The quantitative estimate of drug-likeness (QED) is 0.639. The number of nitrogens with zero attached hydrogens (tertiary/aromatic N) is 3. The first-order chi connectivity index (χ1) is 15.1. The van der Waals surface area contributed by atoms with Crippen LogP contribution in [0.4, 0.5) is 4.79 Å². The number of aryl methyl sites for hydroxylation is 1. The van der Waals surface area contributed by atoms with Gasteiger partial charge in [0.05, 0.1) is 38.8 Å². The van der Waals surface area contributed by atoms with Crippen molar-refractivity contribution in [1.29, 1.82) is 0 Å². The molecule has 0 spiro atoms. The SMILES string of the molecule is COC(=O)[C@@H]1C[C@@H](Oc2nc(C)nc3cc(OC)c(OC)cc23)CN1C(=O)OC(C)(C)C. The Morgan fingerprint density at radius 3 is 2.31 bits per heavy atom. The largest absolute Gasteiger partial charge is 0.493 e. The molecule has 1 fully saturated rings. The highest BCUT2D eigenvalue weighted by molar-refractivity contribution is 5.87. The highest BCUT2D eigenvalue weighted by Crippen LogP contribution is 2.36. The molecule has 2 atom stereocenters. The summed E-state index contributed by atoms with van der Waals surface area (Å²) in [5.41, 5.74) is -0.0802. The van der Waals surface area contributed by atoms with Crippen LogP contribution in [0.15, 0.2) is 12.1 Å². The minimum Gasteiger partial charge on any atom is -0.493 e. The topological polar surface area (TPSA) is 109 Å². The van der Waals surface area contributed by atoms with Gasteiger partial charge in [-0.1, -0.05) is 0 Å². The lowest BCUT2D eigenvalue weighted by molar-refractivity contribution is -0.145. The molecule has 1 amide bonds. The van der Waals surface area contributed by atoms with E-state index in [-0.39, 0.29) is 13.0 Å². The number of carbonyl (C=O) groups is 2. The van der Waals surface area contributed by atoms with Crippen LogP contribution in [-0.2, 0) is 14.3 Å². The number of ether oxygens (including phenoxy) is 5.